The Bertz CT molecular complexity index is 563. The van der Waals surface area contributed by atoms with Crippen molar-refractivity contribution in [1.82, 2.24) is 9.88 Å². The fraction of sp³-hybridized carbons (Fsp3) is 0.538. The number of carbonyl (C=O) groups is 1. The minimum absolute atomic E-state index is 0.0147. The fourth-order valence-corrected chi connectivity index (χ4v) is 2.26. The maximum Gasteiger partial charge on any atom is 0.300 e. The van der Waals surface area contributed by atoms with Crippen molar-refractivity contribution in [3.05, 3.63) is 27.9 Å². The van der Waals surface area contributed by atoms with Crippen LogP contribution in [0.2, 0.25) is 0 Å². The maximum atomic E-state index is 12.5. The lowest BCUT2D eigenvalue weighted by Crippen LogP contribution is -2.45. The number of carbonyl (C=O) groups excluding carboxylic acids is 1. The topological polar surface area (TPSA) is 109 Å². The van der Waals surface area contributed by atoms with Crippen molar-refractivity contribution in [2.45, 2.75) is 25.4 Å². The summed E-state index contributed by atoms with van der Waals surface area (Å²) in [6, 6.07) is 1.38. The van der Waals surface area contributed by atoms with Gasteiger partial charge in [-0.2, -0.15) is 0 Å². The monoisotopic (exact) mass is 294 g/mol. The second-order valence-corrected chi connectivity index (χ2v) is 5.38. The molecule has 0 saturated carbocycles. The zero-order valence-electron chi connectivity index (χ0n) is 12.0. The van der Waals surface area contributed by atoms with E-state index in [1.165, 1.54) is 11.0 Å². The van der Waals surface area contributed by atoms with E-state index < -0.39 is 16.4 Å². The van der Waals surface area contributed by atoms with Gasteiger partial charge in [-0.25, -0.2) is 4.98 Å². The highest BCUT2D eigenvalue weighted by Crippen LogP contribution is 2.26. The number of aromatic nitrogens is 1. The summed E-state index contributed by atoms with van der Waals surface area (Å²) in [6.45, 7) is 2.48. The summed E-state index contributed by atoms with van der Waals surface area (Å²) >= 11 is 0. The Kier molecular flexibility index (Phi) is 4.08. The van der Waals surface area contributed by atoms with Crippen LogP contribution in [-0.4, -0.2) is 51.6 Å². The molecule has 1 aliphatic rings. The van der Waals surface area contributed by atoms with Crippen LogP contribution in [0.1, 0.15) is 30.1 Å². The Morgan fingerprint density at radius 2 is 2.14 bits per heavy atom. The molecule has 21 heavy (non-hydrogen) atoms. The van der Waals surface area contributed by atoms with Crippen LogP contribution in [0.25, 0.3) is 0 Å². The van der Waals surface area contributed by atoms with Gasteiger partial charge in [0.15, 0.2) is 0 Å². The lowest BCUT2D eigenvalue weighted by Gasteiger charge is -2.35. The highest BCUT2D eigenvalue weighted by atomic mass is 16.6. The molecule has 1 aliphatic heterocycles. The number of nitro groups is 1. The van der Waals surface area contributed by atoms with Gasteiger partial charge in [-0.3, -0.25) is 14.9 Å². The lowest BCUT2D eigenvalue weighted by atomic mass is 9.93. The molecule has 0 aromatic carbocycles. The van der Waals surface area contributed by atoms with Gasteiger partial charge in [-0.1, -0.05) is 0 Å². The van der Waals surface area contributed by atoms with Crippen LogP contribution >= 0.6 is 0 Å². The molecule has 114 valence electrons. The number of rotatable bonds is 3. The number of anilines is 1. The summed E-state index contributed by atoms with van der Waals surface area (Å²) < 4.78 is 0. The number of piperidine rings is 1. The standard InChI is InChI=1S/C13H18N4O4/c1-13(19)3-5-16(6-4-13)12(18)9-7-11(14-2)15-8-10(9)17(20)21/h7-8,19H,3-6H2,1-2H3,(H,14,15). The molecule has 0 bridgehead atoms. The molecule has 1 fully saturated rings. The number of hydrogen-bond donors (Lipinski definition) is 2. The summed E-state index contributed by atoms with van der Waals surface area (Å²) in [7, 11) is 1.63. The largest absolute Gasteiger partial charge is 0.390 e. The molecule has 1 amide bonds. The van der Waals surface area contributed by atoms with Crippen LogP contribution in [0.3, 0.4) is 0 Å². The van der Waals surface area contributed by atoms with Crippen molar-refractivity contribution in [1.29, 1.82) is 0 Å². The third kappa shape index (κ3) is 3.27. The predicted octanol–water partition coefficient (Wildman–Crippen LogP) is 1.02. The number of amides is 1. The van der Waals surface area contributed by atoms with Gasteiger partial charge in [0, 0.05) is 26.2 Å². The first kappa shape index (κ1) is 15.2. The third-order valence-electron chi connectivity index (χ3n) is 3.69. The van der Waals surface area contributed by atoms with Crippen molar-refractivity contribution in [2.24, 2.45) is 0 Å². The van der Waals surface area contributed by atoms with Crippen LogP contribution in [0.4, 0.5) is 11.5 Å². The quantitative estimate of drug-likeness (QED) is 0.636. The number of aliphatic hydroxyl groups is 1. The molecule has 2 rings (SSSR count). The molecule has 2 heterocycles. The van der Waals surface area contributed by atoms with E-state index >= 15 is 0 Å². The summed E-state index contributed by atoms with van der Waals surface area (Å²) in [5.41, 5.74) is -1.07. The molecule has 1 aromatic rings. The average molecular weight is 294 g/mol. The van der Waals surface area contributed by atoms with Gasteiger partial charge in [0.1, 0.15) is 17.6 Å². The van der Waals surface area contributed by atoms with Crippen molar-refractivity contribution in [3.8, 4) is 0 Å². The van der Waals surface area contributed by atoms with E-state index in [4.69, 9.17) is 0 Å². The summed E-state index contributed by atoms with van der Waals surface area (Å²) in [6.07, 6.45) is 1.99. The first-order valence-corrected chi connectivity index (χ1v) is 6.68. The molecule has 0 atom stereocenters. The predicted molar refractivity (Wildman–Crippen MR) is 76.2 cm³/mol. The second-order valence-electron chi connectivity index (χ2n) is 5.38. The number of likely N-dealkylation sites (tertiary alicyclic amines) is 1. The number of pyridine rings is 1. The van der Waals surface area contributed by atoms with Crippen molar-refractivity contribution >= 4 is 17.4 Å². The van der Waals surface area contributed by atoms with E-state index in [2.05, 4.69) is 10.3 Å². The first-order chi connectivity index (χ1) is 9.84. The molecule has 8 nitrogen and oxygen atoms in total. The SMILES string of the molecule is CNc1cc(C(=O)N2CCC(C)(O)CC2)c([N+](=O)[O-])cn1. The maximum absolute atomic E-state index is 12.5. The van der Waals surface area contributed by atoms with Gasteiger partial charge in [0.25, 0.3) is 11.6 Å². The molecule has 2 N–H and O–H groups in total. The van der Waals surface area contributed by atoms with Gasteiger partial charge in [0.2, 0.25) is 0 Å². The Hall–Kier alpha value is -2.22. The minimum Gasteiger partial charge on any atom is -0.390 e. The Labute approximate surface area is 121 Å². The van der Waals surface area contributed by atoms with E-state index in [-0.39, 0.29) is 11.3 Å². The van der Waals surface area contributed by atoms with E-state index in [9.17, 15) is 20.0 Å². The van der Waals surface area contributed by atoms with Crippen LogP contribution in [0.5, 0.6) is 0 Å². The molecule has 1 aromatic heterocycles. The van der Waals surface area contributed by atoms with Gasteiger partial charge in [0.05, 0.1) is 10.5 Å². The normalized spacial score (nSPS) is 17.4. The average Bonchev–Trinajstić information content (AvgIpc) is 2.45. The number of nitrogens with zero attached hydrogens (tertiary/aromatic N) is 3. The van der Waals surface area contributed by atoms with Gasteiger partial charge >= 0.3 is 0 Å². The van der Waals surface area contributed by atoms with E-state index in [0.717, 1.165) is 6.20 Å². The first-order valence-electron chi connectivity index (χ1n) is 6.68. The molecule has 0 unspecified atom stereocenters. The Balaban J connectivity index is 2.28. The van der Waals surface area contributed by atoms with Crippen LogP contribution in [0.15, 0.2) is 12.3 Å². The molecule has 0 spiro atoms. The van der Waals surface area contributed by atoms with Crippen LogP contribution < -0.4 is 5.32 Å². The van der Waals surface area contributed by atoms with Gasteiger partial charge in [-0.05, 0) is 19.8 Å². The fourth-order valence-electron chi connectivity index (χ4n) is 2.26. The third-order valence-corrected chi connectivity index (χ3v) is 3.69. The van der Waals surface area contributed by atoms with Crippen LogP contribution in [0, 0.1) is 10.1 Å². The Morgan fingerprint density at radius 1 is 1.52 bits per heavy atom. The zero-order chi connectivity index (χ0) is 15.6. The minimum atomic E-state index is -0.781. The Morgan fingerprint density at radius 3 is 2.67 bits per heavy atom. The van der Waals surface area contributed by atoms with E-state index in [1.54, 1.807) is 14.0 Å². The van der Waals surface area contributed by atoms with E-state index in [0.29, 0.717) is 31.7 Å². The molecular formula is C13H18N4O4. The summed E-state index contributed by atoms with van der Waals surface area (Å²) in [5.74, 6) is -0.0101. The van der Waals surface area contributed by atoms with Crippen molar-refractivity contribution in [2.75, 3.05) is 25.5 Å². The lowest BCUT2D eigenvalue weighted by molar-refractivity contribution is -0.385. The molecule has 1 saturated heterocycles. The molecular weight excluding hydrogens is 276 g/mol. The smallest absolute Gasteiger partial charge is 0.300 e. The van der Waals surface area contributed by atoms with Crippen LogP contribution in [-0.2, 0) is 0 Å². The van der Waals surface area contributed by atoms with Gasteiger partial charge in [-0.15, -0.1) is 0 Å². The number of nitrogens with one attached hydrogen (secondary N) is 1. The summed E-state index contributed by atoms with van der Waals surface area (Å²) in [4.78, 5) is 28.3. The van der Waals surface area contributed by atoms with E-state index in [1.807, 2.05) is 0 Å². The molecule has 8 heteroatoms. The van der Waals surface area contributed by atoms with Gasteiger partial charge < -0.3 is 15.3 Å². The van der Waals surface area contributed by atoms with Crippen molar-refractivity contribution in [3.63, 3.8) is 0 Å². The zero-order valence-corrected chi connectivity index (χ0v) is 12.0. The second kappa shape index (κ2) is 5.65. The highest BCUT2D eigenvalue weighted by molar-refractivity contribution is 5.98. The highest BCUT2D eigenvalue weighted by Gasteiger charge is 2.32. The van der Waals surface area contributed by atoms with Crippen molar-refractivity contribution < 1.29 is 14.8 Å². The molecule has 0 radical (unpaired) electrons. The summed E-state index contributed by atoms with van der Waals surface area (Å²) in [5, 5.41) is 23.7. The molecule has 0 aliphatic carbocycles. The number of hydrogen-bond acceptors (Lipinski definition) is 6.